The number of hydrogen-bond donors (Lipinski definition) is 0. The Hall–Kier alpha value is -1.01. The Morgan fingerprint density at radius 3 is 2.57 bits per heavy atom. The van der Waals surface area contributed by atoms with Crippen molar-refractivity contribution in [1.29, 1.82) is 0 Å². The highest BCUT2D eigenvalue weighted by molar-refractivity contribution is 5.59. The summed E-state index contributed by atoms with van der Waals surface area (Å²) in [6.07, 6.45) is -1.74. The van der Waals surface area contributed by atoms with Crippen molar-refractivity contribution >= 4 is 6.29 Å². The zero-order valence-electron chi connectivity index (χ0n) is 8.30. The van der Waals surface area contributed by atoms with Gasteiger partial charge in [0.2, 0.25) is 0 Å². The number of nitro groups is 1. The molecule has 0 aliphatic carbocycles. The molecule has 1 rings (SSSR count). The van der Waals surface area contributed by atoms with Crippen LogP contribution in [0.4, 0.5) is 0 Å². The number of hydrogen-bond acceptors (Lipinski definition) is 5. The maximum Gasteiger partial charge on any atom is 0.279 e. The van der Waals surface area contributed by atoms with E-state index in [4.69, 9.17) is 9.47 Å². The van der Waals surface area contributed by atoms with E-state index in [-0.39, 0.29) is 0 Å². The topological polar surface area (TPSA) is 78.7 Å². The molecule has 6 heteroatoms. The summed E-state index contributed by atoms with van der Waals surface area (Å²) in [5.74, 6) is 0. The average molecular weight is 203 g/mol. The number of rotatable bonds is 3. The molecule has 0 saturated carbocycles. The van der Waals surface area contributed by atoms with Crippen LogP contribution in [0.15, 0.2) is 0 Å². The second-order valence-electron chi connectivity index (χ2n) is 3.54. The third-order valence-electron chi connectivity index (χ3n) is 2.71. The minimum atomic E-state index is -1.49. The molecule has 1 aliphatic heterocycles. The molecule has 1 aliphatic rings. The van der Waals surface area contributed by atoms with E-state index in [1.165, 1.54) is 14.0 Å². The molecule has 14 heavy (non-hydrogen) atoms. The van der Waals surface area contributed by atoms with Crippen LogP contribution in [0.25, 0.3) is 0 Å². The predicted octanol–water partition coefficient (Wildman–Crippen LogP) is 0.0230. The summed E-state index contributed by atoms with van der Waals surface area (Å²) in [5.41, 5.74) is -1.49. The highest BCUT2D eigenvalue weighted by Gasteiger charge is 2.62. The van der Waals surface area contributed by atoms with Crippen LogP contribution in [0.1, 0.15) is 13.8 Å². The Labute approximate surface area is 81.3 Å². The molecule has 0 amide bonds. The molecule has 0 aromatic carbocycles. The number of carbonyl (C=O) groups is 1. The van der Waals surface area contributed by atoms with E-state index in [1.807, 2.05) is 0 Å². The second kappa shape index (κ2) is 3.62. The van der Waals surface area contributed by atoms with Crippen LogP contribution >= 0.6 is 0 Å². The molecule has 0 radical (unpaired) electrons. The maximum atomic E-state index is 10.9. The van der Waals surface area contributed by atoms with Crippen LogP contribution in [0, 0.1) is 10.1 Å². The first-order valence-corrected chi connectivity index (χ1v) is 4.26. The van der Waals surface area contributed by atoms with E-state index in [0.717, 1.165) is 0 Å². The van der Waals surface area contributed by atoms with Gasteiger partial charge in [0, 0.05) is 19.0 Å². The third-order valence-corrected chi connectivity index (χ3v) is 2.71. The van der Waals surface area contributed by atoms with E-state index in [9.17, 15) is 14.9 Å². The Kier molecular flexibility index (Phi) is 2.86. The lowest BCUT2D eigenvalue weighted by Gasteiger charge is -2.23. The number of nitrogens with zero attached hydrogens (tertiary/aromatic N) is 1. The van der Waals surface area contributed by atoms with E-state index >= 15 is 0 Å². The van der Waals surface area contributed by atoms with Gasteiger partial charge < -0.3 is 14.3 Å². The molecule has 0 aromatic rings. The number of carbonyl (C=O) groups excluding carboxylic acids is 1. The Morgan fingerprint density at radius 2 is 2.21 bits per heavy atom. The molecular formula is C8H13NO5. The molecule has 0 unspecified atom stereocenters. The second-order valence-corrected chi connectivity index (χ2v) is 3.54. The Morgan fingerprint density at radius 1 is 1.64 bits per heavy atom. The number of aldehydes is 1. The van der Waals surface area contributed by atoms with E-state index in [1.54, 1.807) is 6.92 Å². The van der Waals surface area contributed by atoms with Crippen molar-refractivity contribution in [3.63, 3.8) is 0 Å². The van der Waals surface area contributed by atoms with Crippen molar-refractivity contribution in [2.75, 3.05) is 7.11 Å². The maximum absolute atomic E-state index is 10.9. The van der Waals surface area contributed by atoms with Crippen molar-refractivity contribution in [3.8, 4) is 0 Å². The fourth-order valence-corrected chi connectivity index (χ4v) is 1.89. The van der Waals surface area contributed by atoms with Gasteiger partial charge >= 0.3 is 0 Å². The van der Waals surface area contributed by atoms with Gasteiger partial charge in [-0.05, 0) is 6.92 Å². The molecule has 80 valence electrons. The summed E-state index contributed by atoms with van der Waals surface area (Å²) in [5, 5.41) is 10.9. The van der Waals surface area contributed by atoms with Crippen LogP contribution in [-0.4, -0.2) is 42.2 Å². The first-order chi connectivity index (χ1) is 6.48. The molecule has 0 spiro atoms. The van der Waals surface area contributed by atoms with Crippen LogP contribution in [0.3, 0.4) is 0 Å². The normalized spacial score (nSPS) is 42.4. The minimum absolute atomic E-state index is 0.453. The fraction of sp³-hybridized carbons (Fsp3) is 0.875. The van der Waals surface area contributed by atoms with Crippen molar-refractivity contribution in [3.05, 3.63) is 10.1 Å². The highest BCUT2D eigenvalue weighted by atomic mass is 16.7. The standard InChI is InChI=1S/C8H13NO5/c1-5-7(13-3)8(2,9(11)12)6(4-10)14-5/h4-7H,1-3H3/t5-,6-,7-,8+/m0/s1. The van der Waals surface area contributed by atoms with Crippen LogP contribution in [0.5, 0.6) is 0 Å². The van der Waals surface area contributed by atoms with Gasteiger partial charge in [-0.3, -0.25) is 10.1 Å². The van der Waals surface area contributed by atoms with E-state index in [0.29, 0.717) is 6.29 Å². The lowest BCUT2D eigenvalue weighted by Crippen LogP contribution is -2.53. The minimum Gasteiger partial charge on any atom is -0.371 e. The zero-order valence-corrected chi connectivity index (χ0v) is 8.30. The summed E-state index contributed by atoms with van der Waals surface area (Å²) in [6, 6.07) is 0. The smallest absolute Gasteiger partial charge is 0.279 e. The summed E-state index contributed by atoms with van der Waals surface area (Å²) >= 11 is 0. The summed E-state index contributed by atoms with van der Waals surface area (Å²) in [4.78, 5) is 21.0. The van der Waals surface area contributed by atoms with Gasteiger partial charge in [-0.2, -0.15) is 0 Å². The molecule has 0 N–H and O–H groups in total. The van der Waals surface area contributed by atoms with Gasteiger partial charge in [0.1, 0.15) is 0 Å². The first-order valence-electron chi connectivity index (χ1n) is 4.26. The van der Waals surface area contributed by atoms with E-state index in [2.05, 4.69) is 0 Å². The number of ether oxygens (including phenoxy) is 2. The monoisotopic (exact) mass is 203 g/mol. The predicted molar refractivity (Wildman–Crippen MR) is 46.6 cm³/mol. The highest BCUT2D eigenvalue weighted by Crippen LogP contribution is 2.34. The fourth-order valence-electron chi connectivity index (χ4n) is 1.89. The Bertz CT molecular complexity index is 256. The molecule has 6 nitrogen and oxygen atoms in total. The largest absolute Gasteiger partial charge is 0.371 e. The first kappa shape index (κ1) is 11.1. The molecule has 1 heterocycles. The molecule has 0 aromatic heterocycles. The van der Waals surface area contributed by atoms with Gasteiger partial charge in [0.15, 0.2) is 18.5 Å². The molecule has 0 bridgehead atoms. The van der Waals surface area contributed by atoms with Gasteiger partial charge in [-0.1, -0.05) is 0 Å². The lowest BCUT2D eigenvalue weighted by atomic mass is 9.90. The van der Waals surface area contributed by atoms with Gasteiger partial charge in [-0.25, -0.2) is 0 Å². The lowest BCUT2D eigenvalue weighted by molar-refractivity contribution is -0.577. The van der Waals surface area contributed by atoms with Gasteiger partial charge in [-0.15, -0.1) is 0 Å². The zero-order chi connectivity index (χ0) is 10.9. The summed E-state index contributed by atoms with van der Waals surface area (Å²) in [6.45, 7) is 3.02. The van der Waals surface area contributed by atoms with Crippen molar-refractivity contribution < 1.29 is 19.2 Å². The van der Waals surface area contributed by atoms with Gasteiger partial charge in [0.05, 0.1) is 6.10 Å². The SMILES string of the molecule is CO[C@H]1[C@H](C)O[C@@H](C=O)[C@@]1(C)[N+](=O)[O-]. The molecule has 1 saturated heterocycles. The molecule has 4 atom stereocenters. The average Bonchev–Trinajstić information content (AvgIpc) is 2.38. The summed E-state index contributed by atoms with van der Waals surface area (Å²) < 4.78 is 10.2. The van der Waals surface area contributed by atoms with Crippen molar-refractivity contribution in [1.82, 2.24) is 0 Å². The van der Waals surface area contributed by atoms with Gasteiger partial charge in [0.25, 0.3) is 5.54 Å². The van der Waals surface area contributed by atoms with Crippen LogP contribution < -0.4 is 0 Å². The summed E-state index contributed by atoms with van der Waals surface area (Å²) in [7, 11) is 1.37. The Balaban J connectivity index is 3.07. The van der Waals surface area contributed by atoms with Crippen LogP contribution in [0.2, 0.25) is 0 Å². The molecular weight excluding hydrogens is 190 g/mol. The van der Waals surface area contributed by atoms with Crippen molar-refractivity contribution in [2.24, 2.45) is 0 Å². The third kappa shape index (κ3) is 1.31. The van der Waals surface area contributed by atoms with Crippen molar-refractivity contribution in [2.45, 2.75) is 37.7 Å². The quantitative estimate of drug-likeness (QED) is 0.367. The number of methoxy groups -OCH3 is 1. The van der Waals surface area contributed by atoms with E-state index < -0.39 is 28.8 Å². The van der Waals surface area contributed by atoms with Crippen LogP contribution in [-0.2, 0) is 14.3 Å². The molecule has 1 fully saturated rings.